The van der Waals surface area contributed by atoms with Crippen molar-refractivity contribution in [2.45, 2.75) is 24.4 Å². The van der Waals surface area contributed by atoms with E-state index in [0.717, 1.165) is 0 Å². The van der Waals surface area contributed by atoms with Gasteiger partial charge in [0.1, 0.15) is 18.8 Å². The number of carbonyl (C=O) groups is 3. The number of fused-ring (bicyclic) bond motifs is 3. The highest BCUT2D eigenvalue weighted by Crippen LogP contribution is 2.51. The summed E-state index contributed by atoms with van der Waals surface area (Å²) >= 11 is 0. The third kappa shape index (κ3) is 4.34. The number of piperidine rings is 1. The van der Waals surface area contributed by atoms with Gasteiger partial charge in [-0.25, -0.2) is 4.98 Å². The molecule has 0 saturated carbocycles. The van der Waals surface area contributed by atoms with Crippen LogP contribution >= 0.6 is 0 Å². The van der Waals surface area contributed by atoms with Crippen molar-refractivity contribution in [3.8, 4) is 5.75 Å². The Hall–Kier alpha value is -4.16. The SMILES string of the molecule is COc1cccc2c1C1(CCN(C(=O)c3cnc4[nH]ncc4c3)CC1)C(=O)N2CC(=O)NCC(F)(F)F. The van der Waals surface area contributed by atoms with Crippen LogP contribution in [0.15, 0.2) is 36.7 Å². The van der Waals surface area contributed by atoms with Gasteiger partial charge in [0.2, 0.25) is 11.8 Å². The summed E-state index contributed by atoms with van der Waals surface area (Å²) in [6.45, 7) is -1.55. The van der Waals surface area contributed by atoms with Crippen LogP contribution in [0, 0.1) is 0 Å². The number of H-pyrrole nitrogens is 1. The van der Waals surface area contributed by atoms with Gasteiger partial charge in [-0.15, -0.1) is 0 Å². The predicted octanol–water partition coefficient (Wildman–Crippen LogP) is 2.17. The highest BCUT2D eigenvalue weighted by molar-refractivity contribution is 6.11. The van der Waals surface area contributed by atoms with Crippen LogP contribution in [0.1, 0.15) is 28.8 Å². The molecular weight excluding hydrogens is 493 g/mol. The van der Waals surface area contributed by atoms with E-state index in [9.17, 15) is 27.6 Å². The fraction of sp³-hybridized carbons (Fsp3) is 0.375. The largest absolute Gasteiger partial charge is 0.496 e. The number of hydrogen-bond donors (Lipinski definition) is 2. The number of pyridine rings is 1. The lowest BCUT2D eigenvalue weighted by atomic mass is 9.73. The molecule has 2 aliphatic rings. The highest BCUT2D eigenvalue weighted by atomic mass is 19.4. The first kappa shape index (κ1) is 24.5. The Balaban J connectivity index is 1.38. The second kappa shape index (κ2) is 9.05. The van der Waals surface area contributed by atoms with Crippen LogP contribution in [0.5, 0.6) is 5.75 Å². The number of ether oxygens (including phenoxy) is 1. The number of halogens is 3. The lowest BCUT2D eigenvalue weighted by Crippen LogP contribution is -2.51. The number of benzene rings is 1. The summed E-state index contributed by atoms with van der Waals surface area (Å²) in [4.78, 5) is 46.3. The van der Waals surface area contributed by atoms with Crippen molar-refractivity contribution in [1.82, 2.24) is 25.4 Å². The molecule has 0 atom stereocenters. The zero-order chi connectivity index (χ0) is 26.4. The molecule has 1 aromatic carbocycles. The summed E-state index contributed by atoms with van der Waals surface area (Å²) in [6.07, 6.45) is -1.01. The van der Waals surface area contributed by atoms with Gasteiger partial charge in [-0.05, 0) is 31.0 Å². The average Bonchev–Trinajstić information content (AvgIpc) is 3.44. The third-order valence-corrected chi connectivity index (χ3v) is 6.88. The van der Waals surface area contributed by atoms with Crippen LogP contribution in [0.25, 0.3) is 11.0 Å². The van der Waals surface area contributed by atoms with Crippen LogP contribution in [0.4, 0.5) is 18.9 Å². The molecule has 13 heteroatoms. The molecule has 1 spiro atoms. The Morgan fingerprint density at radius 1 is 1.22 bits per heavy atom. The van der Waals surface area contributed by atoms with Crippen molar-refractivity contribution in [2.24, 2.45) is 0 Å². The number of hydrogen-bond acceptors (Lipinski definition) is 6. The first-order chi connectivity index (χ1) is 17.6. The Bertz CT molecular complexity index is 1380. The number of carbonyl (C=O) groups excluding carboxylic acids is 3. The summed E-state index contributed by atoms with van der Waals surface area (Å²) in [5.74, 6) is -1.12. The molecule has 2 N–H and O–H groups in total. The smallest absolute Gasteiger partial charge is 0.405 e. The lowest BCUT2D eigenvalue weighted by molar-refractivity contribution is -0.138. The van der Waals surface area contributed by atoms with Crippen LogP contribution in [-0.4, -0.2) is 77.3 Å². The molecule has 0 unspecified atom stereocenters. The van der Waals surface area contributed by atoms with E-state index < -0.39 is 36.5 Å². The second-order valence-corrected chi connectivity index (χ2v) is 9.04. The second-order valence-electron chi connectivity index (χ2n) is 9.04. The van der Waals surface area contributed by atoms with Gasteiger partial charge < -0.3 is 19.9 Å². The molecule has 2 aliphatic heterocycles. The number of anilines is 1. The quantitative estimate of drug-likeness (QED) is 0.536. The number of aromatic nitrogens is 3. The summed E-state index contributed by atoms with van der Waals surface area (Å²) in [7, 11) is 1.46. The maximum absolute atomic E-state index is 13.8. The number of alkyl halides is 3. The molecule has 5 rings (SSSR count). The van der Waals surface area contributed by atoms with Crippen LogP contribution < -0.4 is 15.0 Å². The Labute approximate surface area is 208 Å². The third-order valence-electron chi connectivity index (χ3n) is 6.88. The summed E-state index contributed by atoms with van der Waals surface area (Å²) in [6, 6.07) is 6.69. The number of methoxy groups -OCH3 is 1. The molecule has 3 amide bonds. The van der Waals surface area contributed by atoms with Crippen molar-refractivity contribution in [1.29, 1.82) is 0 Å². The molecule has 1 saturated heterocycles. The topological polar surface area (TPSA) is 121 Å². The molecule has 0 aliphatic carbocycles. The van der Waals surface area contributed by atoms with E-state index in [1.54, 1.807) is 35.4 Å². The Morgan fingerprint density at radius 3 is 2.68 bits per heavy atom. The van der Waals surface area contributed by atoms with E-state index >= 15 is 0 Å². The number of nitrogens with zero attached hydrogens (tertiary/aromatic N) is 4. The van der Waals surface area contributed by atoms with Gasteiger partial charge in [-0.2, -0.15) is 18.3 Å². The summed E-state index contributed by atoms with van der Waals surface area (Å²) in [5, 5.41) is 9.16. The number of nitrogens with one attached hydrogen (secondary N) is 2. The molecule has 0 bridgehead atoms. The Kier molecular flexibility index (Phi) is 6.00. The normalized spacial score (nSPS) is 16.8. The number of likely N-dealkylation sites (tertiary alicyclic amines) is 1. The molecule has 37 heavy (non-hydrogen) atoms. The van der Waals surface area contributed by atoms with Gasteiger partial charge in [-0.1, -0.05) is 6.07 Å². The van der Waals surface area contributed by atoms with Crippen molar-refractivity contribution < 1.29 is 32.3 Å². The number of amides is 3. The maximum Gasteiger partial charge on any atom is 0.405 e. The zero-order valence-electron chi connectivity index (χ0n) is 19.8. The first-order valence-corrected chi connectivity index (χ1v) is 11.5. The van der Waals surface area contributed by atoms with E-state index in [0.29, 0.717) is 33.6 Å². The first-order valence-electron chi connectivity index (χ1n) is 11.5. The molecule has 2 aromatic heterocycles. The van der Waals surface area contributed by atoms with Gasteiger partial charge in [0.15, 0.2) is 5.65 Å². The minimum Gasteiger partial charge on any atom is -0.496 e. The Morgan fingerprint density at radius 2 is 1.97 bits per heavy atom. The fourth-order valence-corrected chi connectivity index (χ4v) is 5.12. The van der Waals surface area contributed by atoms with Crippen molar-refractivity contribution in [3.05, 3.63) is 47.8 Å². The van der Waals surface area contributed by atoms with Gasteiger partial charge in [-0.3, -0.25) is 19.5 Å². The van der Waals surface area contributed by atoms with E-state index in [-0.39, 0.29) is 31.8 Å². The summed E-state index contributed by atoms with van der Waals surface area (Å²) < 4.78 is 43.2. The van der Waals surface area contributed by atoms with E-state index in [1.165, 1.54) is 18.2 Å². The predicted molar refractivity (Wildman–Crippen MR) is 125 cm³/mol. The van der Waals surface area contributed by atoms with Crippen LogP contribution in [-0.2, 0) is 15.0 Å². The van der Waals surface area contributed by atoms with Crippen LogP contribution in [0.3, 0.4) is 0 Å². The standard InChI is InChI=1S/C24H23F3N6O4/c1-37-17-4-2-3-16-19(17)23(22(36)33(16)12-18(34)29-13-24(25,26)27)5-7-32(8-6-23)21(35)15-9-14-11-30-31-20(14)28-10-15/h2-4,9-11H,5-8,12-13H2,1H3,(H,29,34)(H,28,30,31). The number of aromatic amines is 1. The monoisotopic (exact) mass is 516 g/mol. The molecule has 194 valence electrons. The summed E-state index contributed by atoms with van der Waals surface area (Å²) in [5.41, 5.74) is 0.883. The van der Waals surface area contributed by atoms with Gasteiger partial charge in [0.05, 0.1) is 30.0 Å². The van der Waals surface area contributed by atoms with Crippen molar-refractivity contribution in [2.75, 3.05) is 38.2 Å². The highest BCUT2D eigenvalue weighted by Gasteiger charge is 2.54. The van der Waals surface area contributed by atoms with Crippen molar-refractivity contribution >= 4 is 34.4 Å². The maximum atomic E-state index is 13.8. The molecule has 4 heterocycles. The van der Waals surface area contributed by atoms with Gasteiger partial charge >= 0.3 is 6.18 Å². The average molecular weight is 516 g/mol. The minimum atomic E-state index is -4.57. The molecule has 1 fully saturated rings. The fourth-order valence-electron chi connectivity index (χ4n) is 5.12. The van der Waals surface area contributed by atoms with Gasteiger partial charge in [0.25, 0.3) is 5.91 Å². The molecule has 3 aromatic rings. The number of rotatable bonds is 5. The lowest BCUT2D eigenvalue weighted by Gasteiger charge is -2.38. The molecular formula is C24H23F3N6O4. The van der Waals surface area contributed by atoms with E-state index in [1.807, 2.05) is 5.32 Å². The molecule has 10 nitrogen and oxygen atoms in total. The van der Waals surface area contributed by atoms with Crippen molar-refractivity contribution in [3.63, 3.8) is 0 Å². The zero-order valence-corrected chi connectivity index (χ0v) is 19.8. The minimum absolute atomic E-state index is 0.237. The van der Waals surface area contributed by atoms with Crippen LogP contribution in [0.2, 0.25) is 0 Å². The van der Waals surface area contributed by atoms with Gasteiger partial charge in [0, 0.05) is 30.2 Å². The molecule has 0 radical (unpaired) electrons. The van der Waals surface area contributed by atoms with E-state index in [4.69, 9.17) is 4.74 Å². The van der Waals surface area contributed by atoms with E-state index in [2.05, 4.69) is 15.2 Å².